The Morgan fingerprint density at radius 2 is 1.23 bits per heavy atom. The number of hydrogen-bond acceptors (Lipinski definition) is 9. The zero-order valence-corrected chi connectivity index (χ0v) is 12.4. The molecule has 0 saturated carbocycles. The van der Waals surface area contributed by atoms with Crippen LogP contribution in [0.5, 0.6) is 0 Å². The third-order valence-corrected chi connectivity index (χ3v) is 2.57. The van der Waals surface area contributed by atoms with Gasteiger partial charge in [-0.2, -0.15) is 0 Å². The van der Waals surface area contributed by atoms with Crippen LogP contribution in [0.15, 0.2) is 0 Å². The third-order valence-electron chi connectivity index (χ3n) is 2.57. The second-order valence-electron chi connectivity index (χ2n) is 4.57. The minimum atomic E-state index is -1.14. The van der Waals surface area contributed by atoms with Crippen LogP contribution in [-0.2, 0) is 28.7 Å². The van der Waals surface area contributed by atoms with Crippen LogP contribution in [0.1, 0.15) is 38.5 Å². The van der Waals surface area contributed by atoms with E-state index in [9.17, 15) is 19.2 Å². The van der Waals surface area contributed by atoms with Crippen molar-refractivity contribution in [3.63, 3.8) is 0 Å². The van der Waals surface area contributed by atoms with E-state index in [2.05, 4.69) is 9.47 Å². The van der Waals surface area contributed by atoms with Crippen molar-refractivity contribution in [2.45, 2.75) is 44.6 Å². The maximum absolute atomic E-state index is 11.5. The lowest BCUT2D eigenvalue weighted by atomic mass is 10.2. The van der Waals surface area contributed by atoms with Gasteiger partial charge in [0, 0.05) is 19.3 Å². The molecule has 9 heteroatoms. The molecule has 0 spiro atoms. The smallest absolute Gasteiger partial charge is 0.330 e. The highest BCUT2D eigenvalue weighted by Crippen LogP contribution is 2.02. The minimum absolute atomic E-state index is 0.0205. The van der Waals surface area contributed by atoms with Crippen molar-refractivity contribution in [1.29, 1.82) is 0 Å². The van der Waals surface area contributed by atoms with Crippen LogP contribution >= 0.6 is 0 Å². The molecule has 0 aliphatic carbocycles. The first-order chi connectivity index (χ1) is 10.4. The molecule has 126 valence electrons. The Balaban J connectivity index is 3.98. The summed E-state index contributed by atoms with van der Waals surface area (Å²) >= 11 is 0. The lowest BCUT2D eigenvalue weighted by Crippen LogP contribution is -2.34. The minimum Gasteiger partial charge on any atom is -0.393 e. The number of ether oxygens (including phenoxy) is 2. The van der Waals surface area contributed by atoms with E-state index in [1.54, 1.807) is 0 Å². The lowest BCUT2D eigenvalue weighted by molar-refractivity contribution is -0.160. The van der Waals surface area contributed by atoms with Gasteiger partial charge >= 0.3 is 23.9 Å². The molecule has 0 unspecified atom stereocenters. The van der Waals surface area contributed by atoms with Gasteiger partial charge in [-0.05, 0) is 32.4 Å². The van der Waals surface area contributed by atoms with Crippen molar-refractivity contribution in [3.05, 3.63) is 0 Å². The number of nitrogens with two attached hydrogens (primary N) is 3. The van der Waals surface area contributed by atoms with E-state index in [0.717, 1.165) is 0 Å². The molecule has 0 fully saturated rings. The van der Waals surface area contributed by atoms with Crippen LogP contribution in [0.4, 0.5) is 0 Å². The van der Waals surface area contributed by atoms with Crippen LogP contribution < -0.4 is 17.2 Å². The molecule has 0 aromatic carbocycles. The largest absolute Gasteiger partial charge is 0.393 e. The Hall–Kier alpha value is -1.84. The summed E-state index contributed by atoms with van der Waals surface area (Å²) in [7, 11) is 0. The highest BCUT2D eigenvalue weighted by Gasteiger charge is 2.20. The number of carbonyl (C=O) groups excluding carboxylic acids is 4. The summed E-state index contributed by atoms with van der Waals surface area (Å²) in [6.07, 6.45) is 0.563. The first kappa shape index (κ1) is 20.2. The van der Waals surface area contributed by atoms with Gasteiger partial charge in [0.1, 0.15) is 6.04 Å². The molecule has 22 heavy (non-hydrogen) atoms. The quantitative estimate of drug-likeness (QED) is 0.328. The Bertz CT molecular complexity index is 399. The molecule has 0 saturated heterocycles. The van der Waals surface area contributed by atoms with Gasteiger partial charge < -0.3 is 26.7 Å². The van der Waals surface area contributed by atoms with Gasteiger partial charge in [0.25, 0.3) is 0 Å². The van der Waals surface area contributed by atoms with E-state index in [-0.39, 0.29) is 25.7 Å². The molecule has 0 aliphatic heterocycles. The number of hydrogen-bond donors (Lipinski definition) is 3. The number of carbonyl (C=O) groups is 4. The molecule has 0 rings (SSSR count). The number of rotatable bonds is 10. The SMILES string of the molecule is NCCCC(=O)OC(=O)CC[C@H](N)C(=O)OC(=O)CCCN. The Morgan fingerprint density at radius 3 is 1.73 bits per heavy atom. The summed E-state index contributed by atoms with van der Waals surface area (Å²) in [4.78, 5) is 45.2. The fourth-order valence-electron chi connectivity index (χ4n) is 1.35. The summed E-state index contributed by atoms with van der Waals surface area (Å²) in [6, 6.07) is -1.14. The predicted octanol–water partition coefficient (Wildman–Crippen LogP) is -1.29. The van der Waals surface area contributed by atoms with Crippen LogP contribution in [-0.4, -0.2) is 43.0 Å². The molecule has 0 aliphatic rings. The molecule has 0 heterocycles. The molecule has 6 N–H and O–H groups in total. The zero-order valence-electron chi connectivity index (χ0n) is 12.4. The van der Waals surface area contributed by atoms with Gasteiger partial charge in [0.15, 0.2) is 0 Å². The van der Waals surface area contributed by atoms with Crippen LogP contribution in [0.3, 0.4) is 0 Å². The lowest BCUT2D eigenvalue weighted by Gasteiger charge is -2.09. The average Bonchev–Trinajstić information content (AvgIpc) is 2.48. The van der Waals surface area contributed by atoms with Crippen LogP contribution in [0, 0.1) is 0 Å². The fourth-order valence-corrected chi connectivity index (χ4v) is 1.35. The van der Waals surface area contributed by atoms with Gasteiger partial charge in [0.05, 0.1) is 0 Å². The zero-order chi connectivity index (χ0) is 17.0. The second-order valence-corrected chi connectivity index (χ2v) is 4.57. The van der Waals surface area contributed by atoms with Crippen molar-refractivity contribution in [2.24, 2.45) is 17.2 Å². The van der Waals surface area contributed by atoms with Gasteiger partial charge in [-0.25, -0.2) is 4.79 Å². The van der Waals surface area contributed by atoms with Gasteiger partial charge in [-0.3, -0.25) is 14.4 Å². The van der Waals surface area contributed by atoms with E-state index in [0.29, 0.717) is 25.9 Å². The van der Waals surface area contributed by atoms with Crippen molar-refractivity contribution in [3.8, 4) is 0 Å². The van der Waals surface area contributed by atoms with E-state index >= 15 is 0 Å². The number of esters is 4. The molecule has 0 aromatic rings. The van der Waals surface area contributed by atoms with E-state index in [1.807, 2.05) is 0 Å². The monoisotopic (exact) mass is 317 g/mol. The summed E-state index contributed by atoms with van der Waals surface area (Å²) in [5, 5.41) is 0. The standard InChI is InChI=1S/C13H23N3O6/c14-7-1-3-10(17)21-12(19)6-5-9(16)13(20)22-11(18)4-2-8-15/h9H,1-8,14-16H2/t9-/m0/s1. The first-order valence-electron chi connectivity index (χ1n) is 7.04. The van der Waals surface area contributed by atoms with E-state index < -0.39 is 29.9 Å². The van der Waals surface area contributed by atoms with Gasteiger partial charge in [0.2, 0.25) is 0 Å². The summed E-state index contributed by atoms with van der Waals surface area (Å²) < 4.78 is 8.98. The molecule has 9 nitrogen and oxygen atoms in total. The summed E-state index contributed by atoms with van der Waals surface area (Å²) in [5.74, 6) is -3.11. The van der Waals surface area contributed by atoms with Crippen molar-refractivity contribution < 1.29 is 28.7 Å². The maximum Gasteiger partial charge on any atom is 0.330 e. The van der Waals surface area contributed by atoms with E-state index in [1.165, 1.54) is 0 Å². The Morgan fingerprint density at radius 1 is 0.773 bits per heavy atom. The van der Waals surface area contributed by atoms with Crippen molar-refractivity contribution >= 4 is 23.9 Å². The normalized spacial score (nSPS) is 11.6. The van der Waals surface area contributed by atoms with Gasteiger partial charge in [-0.1, -0.05) is 0 Å². The van der Waals surface area contributed by atoms with Crippen molar-refractivity contribution in [1.82, 2.24) is 0 Å². The van der Waals surface area contributed by atoms with Crippen LogP contribution in [0.2, 0.25) is 0 Å². The Kier molecular flexibility index (Phi) is 10.8. The fraction of sp³-hybridized carbons (Fsp3) is 0.692. The van der Waals surface area contributed by atoms with E-state index in [4.69, 9.17) is 17.2 Å². The third kappa shape index (κ3) is 9.97. The molecule has 0 amide bonds. The predicted molar refractivity (Wildman–Crippen MR) is 76.0 cm³/mol. The highest BCUT2D eigenvalue weighted by molar-refractivity contribution is 5.89. The van der Waals surface area contributed by atoms with Gasteiger partial charge in [-0.15, -0.1) is 0 Å². The average molecular weight is 317 g/mol. The van der Waals surface area contributed by atoms with Crippen LogP contribution in [0.25, 0.3) is 0 Å². The molecule has 0 bridgehead atoms. The molecule has 0 radical (unpaired) electrons. The van der Waals surface area contributed by atoms with Crippen molar-refractivity contribution in [2.75, 3.05) is 13.1 Å². The molecular formula is C13H23N3O6. The topological polar surface area (TPSA) is 165 Å². The molecule has 0 aromatic heterocycles. The Labute approximate surface area is 128 Å². The highest BCUT2D eigenvalue weighted by atomic mass is 16.6. The summed E-state index contributed by atoms with van der Waals surface area (Å²) in [6.45, 7) is 0.623. The first-order valence-corrected chi connectivity index (χ1v) is 7.04. The second kappa shape index (κ2) is 11.8. The molecule has 1 atom stereocenters. The summed E-state index contributed by atoms with van der Waals surface area (Å²) in [5.41, 5.74) is 15.9. The molecular weight excluding hydrogens is 294 g/mol. The maximum atomic E-state index is 11.5.